The van der Waals surface area contributed by atoms with Crippen molar-refractivity contribution in [2.75, 3.05) is 5.32 Å². The predicted octanol–water partition coefficient (Wildman–Crippen LogP) is 5.53. The first-order chi connectivity index (χ1) is 9.95. The van der Waals surface area contributed by atoms with Crippen LogP contribution >= 0.6 is 23.2 Å². The molecule has 0 unspecified atom stereocenters. The smallest absolute Gasteiger partial charge is 0.160 e. The third-order valence-electron chi connectivity index (χ3n) is 2.75. The van der Waals surface area contributed by atoms with Crippen LogP contribution in [0.3, 0.4) is 0 Å². The van der Waals surface area contributed by atoms with E-state index in [2.05, 4.69) is 5.32 Å². The first-order valence-corrected chi connectivity index (χ1v) is 7.35. The average molecular weight is 328 g/mol. The van der Waals surface area contributed by atoms with Crippen LogP contribution in [0.2, 0.25) is 10.0 Å². The second-order valence-corrected chi connectivity index (χ2v) is 5.74. The summed E-state index contributed by atoms with van der Waals surface area (Å²) in [6.45, 7) is 4.52. The third-order valence-corrected chi connectivity index (χ3v) is 3.30. The third kappa shape index (κ3) is 4.51. The van der Waals surface area contributed by atoms with Gasteiger partial charge in [-0.15, -0.1) is 0 Å². The van der Waals surface area contributed by atoms with E-state index in [-0.39, 0.29) is 16.1 Å². The van der Waals surface area contributed by atoms with E-state index in [0.717, 1.165) is 11.3 Å². The molecular weight excluding hydrogens is 312 g/mol. The van der Waals surface area contributed by atoms with Crippen molar-refractivity contribution in [1.82, 2.24) is 0 Å². The Labute approximate surface area is 133 Å². The molecule has 2 aromatic carbocycles. The van der Waals surface area contributed by atoms with Gasteiger partial charge in [0.15, 0.2) is 5.82 Å². The lowest BCUT2D eigenvalue weighted by molar-refractivity contribution is 0.242. The van der Waals surface area contributed by atoms with Crippen molar-refractivity contribution in [3.63, 3.8) is 0 Å². The summed E-state index contributed by atoms with van der Waals surface area (Å²) in [6, 6.07) is 10.8. The lowest BCUT2D eigenvalue weighted by Gasteiger charge is -2.12. The van der Waals surface area contributed by atoms with E-state index < -0.39 is 5.82 Å². The molecule has 0 spiro atoms. The number of hydrogen-bond donors (Lipinski definition) is 1. The first-order valence-electron chi connectivity index (χ1n) is 6.59. The molecule has 112 valence electrons. The van der Waals surface area contributed by atoms with E-state index in [1.54, 1.807) is 0 Å². The average Bonchev–Trinajstić information content (AvgIpc) is 2.42. The minimum absolute atomic E-state index is 0.00175. The molecule has 21 heavy (non-hydrogen) atoms. The van der Waals surface area contributed by atoms with Gasteiger partial charge in [-0.25, -0.2) is 4.39 Å². The van der Waals surface area contributed by atoms with E-state index in [4.69, 9.17) is 27.9 Å². The molecule has 0 aromatic heterocycles. The zero-order valence-electron chi connectivity index (χ0n) is 11.8. The maximum absolute atomic E-state index is 13.3. The van der Waals surface area contributed by atoms with Gasteiger partial charge in [-0.2, -0.15) is 0 Å². The van der Waals surface area contributed by atoms with Crippen LogP contribution in [0.25, 0.3) is 0 Å². The van der Waals surface area contributed by atoms with E-state index >= 15 is 0 Å². The van der Waals surface area contributed by atoms with E-state index in [9.17, 15) is 4.39 Å². The van der Waals surface area contributed by atoms with Gasteiger partial charge in [0.05, 0.1) is 16.1 Å². The van der Waals surface area contributed by atoms with E-state index in [0.29, 0.717) is 12.2 Å². The van der Waals surface area contributed by atoms with Gasteiger partial charge >= 0.3 is 0 Å². The molecule has 0 fully saturated rings. The molecule has 2 nitrogen and oxygen atoms in total. The number of ether oxygens (including phenoxy) is 1. The van der Waals surface area contributed by atoms with Crippen molar-refractivity contribution >= 4 is 28.9 Å². The summed E-state index contributed by atoms with van der Waals surface area (Å²) in [5, 5.41) is 3.16. The molecule has 0 radical (unpaired) electrons. The SMILES string of the molecule is CC(C)Oc1cccc(CNc2cc(Cl)c(F)c(Cl)c2)c1. The maximum Gasteiger partial charge on any atom is 0.160 e. The molecule has 1 N–H and O–H groups in total. The number of benzene rings is 2. The zero-order chi connectivity index (χ0) is 15.4. The molecule has 2 aromatic rings. The van der Waals surface area contributed by atoms with Crippen LogP contribution in [0.1, 0.15) is 19.4 Å². The van der Waals surface area contributed by atoms with Crippen LogP contribution in [-0.4, -0.2) is 6.10 Å². The molecule has 0 aliphatic carbocycles. The Kier molecular flexibility index (Phi) is 5.32. The molecule has 0 aliphatic rings. The van der Waals surface area contributed by atoms with Gasteiger partial charge in [-0.3, -0.25) is 0 Å². The van der Waals surface area contributed by atoms with Crippen molar-refractivity contribution in [3.8, 4) is 5.75 Å². The molecule has 5 heteroatoms. The summed E-state index contributed by atoms with van der Waals surface area (Å²) in [5.41, 5.74) is 1.71. The highest BCUT2D eigenvalue weighted by atomic mass is 35.5. The van der Waals surface area contributed by atoms with Crippen molar-refractivity contribution < 1.29 is 9.13 Å². The van der Waals surface area contributed by atoms with Crippen molar-refractivity contribution in [3.05, 3.63) is 57.8 Å². The zero-order valence-corrected chi connectivity index (χ0v) is 13.3. The van der Waals surface area contributed by atoms with Crippen LogP contribution in [0.15, 0.2) is 36.4 Å². The van der Waals surface area contributed by atoms with Crippen molar-refractivity contribution in [2.45, 2.75) is 26.5 Å². The fraction of sp³-hybridized carbons (Fsp3) is 0.250. The van der Waals surface area contributed by atoms with Crippen LogP contribution in [0.5, 0.6) is 5.75 Å². The Morgan fingerprint density at radius 3 is 2.43 bits per heavy atom. The molecule has 0 amide bonds. The van der Waals surface area contributed by atoms with E-state index in [1.807, 2.05) is 38.1 Å². The highest BCUT2D eigenvalue weighted by Crippen LogP contribution is 2.27. The summed E-state index contributed by atoms with van der Waals surface area (Å²) < 4.78 is 19.0. The monoisotopic (exact) mass is 327 g/mol. The largest absolute Gasteiger partial charge is 0.491 e. The fourth-order valence-electron chi connectivity index (χ4n) is 1.86. The molecular formula is C16H16Cl2FNO. The van der Waals surface area contributed by atoms with Crippen LogP contribution in [-0.2, 0) is 6.54 Å². The number of halogens is 3. The molecule has 0 aliphatic heterocycles. The molecule has 0 saturated heterocycles. The highest BCUT2D eigenvalue weighted by molar-refractivity contribution is 6.35. The first kappa shape index (κ1) is 15.9. The van der Waals surface area contributed by atoms with Crippen LogP contribution in [0.4, 0.5) is 10.1 Å². The van der Waals surface area contributed by atoms with Gasteiger partial charge in [0.1, 0.15) is 5.75 Å². The van der Waals surface area contributed by atoms with Crippen LogP contribution in [0, 0.1) is 5.82 Å². The topological polar surface area (TPSA) is 21.3 Å². The van der Waals surface area contributed by atoms with E-state index in [1.165, 1.54) is 12.1 Å². The lowest BCUT2D eigenvalue weighted by atomic mass is 10.2. The number of nitrogens with one attached hydrogen (secondary N) is 1. The predicted molar refractivity (Wildman–Crippen MR) is 86.0 cm³/mol. The Morgan fingerprint density at radius 1 is 1.14 bits per heavy atom. The second kappa shape index (κ2) is 7.01. The van der Waals surface area contributed by atoms with Gasteiger partial charge in [0, 0.05) is 12.2 Å². The molecule has 2 rings (SSSR count). The molecule has 0 bridgehead atoms. The Bertz CT molecular complexity index is 608. The van der Waals surface area contributed by atoms with Crippen molar-refractivity contribution in [2.24, 2.45) is 0 Å². The summed E-state index contributed by atoms with van der Waals surface area (Å²) in [5.74, 6) is 0.218. The standard InChI is InChI=1S/C16H16Cl2FNO/c1-10(2)21-13-5-3-4-11(6-13)9-20-12-7-14(17)16(19)15(18)8-12/h3-8,10,20H,9H2,1-2H3. The summed E-state index contributed by atoms with van der Waals surface area (Å²) in [4.78, 5) is 0. The Balaban J connectivity index is 2.06. The number of rotatable bonds is 5. The minimum atomic E-state index is -0.601. The Morgan fingerprint density at radius 2 is 1.81 bits per heavy atom. The van der Waals surface area contributed by atoms with Gasteiger partial charge in [-0.05, 0) is 43.7 Å². The lowest BCUT2D eigenvalue weighted by Crippen LogP contribution is -2.06. The van der Waals surface area contributed by atoms with Gasteiger partial charge in [-0.1, -0.05) is 35.3 Å². The quantitative estimate of drug-likeness (QED) is 0.729. The summed E-state index contributed by atoms with van der Waals surface area (Å²) >= 11 is 11.5. The molecule has 0 atom stereocenters. The molecule has 0 saturated carbocycles. The fourth-order valence-corrected chi connectivity index (χ4v) is 2.35. The van der Waals surface area contributed by atoms with Gasteiger partial charge in [0.2, 0.25) is 0 Å². The van der Waals surface area contributed by atoms with Gasteiger partial charge < -0.3 is 10.1 Å². The second-order valence-electron chi connectivity index (χ2n) is 4.92. The Hall–Kier alpha value is -1.45. The highest BCUT2D eigenvalue weighted by Gasteiger charge is 2.07. The summed E-state index contributed by atoms with van der Waals surface area (Å²) in [7, 11) is 0. The maximum atomic E-state index is 13.3. The minimum Gasteiger partial charge on any atom is -0.491 e. The number of hydrogen-bond acceptors (Lipinski definition) is 2. The molecule has 0 heterocycles. The van der Waals surface area contributed by atoms with Crippen LogP contribution < -0.4 is 10.1 Å². The van der Waals surface area contributed by atoms with Crippen molar-refractivity contribution in [1.29, 1.82) is 0 Å². The van der Waals surface area contributed by atoms with Gasteiger partial charge in [0.25, 0.3) is 0 Å². The normalized spacial score (nSPS) is 10.8. The summed E-state index contributed by atoms with van der Waals surface area (Å²) in [6.07, 6.45) is 0.128. The number of anilines is 1.